The summed E-state index contributed by atoms with van der Waals surface area (Å²) >= 11 is 0. The van der Waals surface area contributed by atoms with Crippen LogP contribution in [0.4, 0.5) is 0 Å². The van der Waals surface area contributed by atoms with Crippen molar-refractivity contribution in [1.29, 1.82) is 0 Å². The molecule has 230 valence electrons. The number of amides is 2. The summed E-state index contributed by atoms with van der Waals surface area (Å²) in [7, 11) is 0. The number of aliphatic hydroxyl groups excluding tert-OH is 1. The third-order valence-corrected chi connectivity index (χ3v) is 10.3. The second-order valence-corrected chi connectivity index (χ2v) is 13.0. The van der Waals surface area contributed by atoms with Gasteiger partial charge in [0.1, 0.15) is 0 Å². The van der Waals surface area contributed by atoms with E-state index >= 15 is 0 Å². The molecule has 0 saturated heterocycles. The van der Waals surface area contributed by atoms with Gasteiger partial charge in [0.15, 0.2) is 0 Å². The summed E-state index contributed by atoms with van der Waals surface area (Å²) in [6.07, 6.45) is 9.18. The quantitative estimate of drug-likeness (QED) is 0.201. The van der Waals surface area contributed by atoms with E-state index in [1.54, 1.807) is 0 Å². The lowest BCUT2D eigenvalue weighted by Gasteiger charge is -2.36. The zero-order valence-electron chi connectivity index (χ0n) is 23.6. The molecule has 4 aliphatic rings. The van der Waals surface area contributed by atoms with Crippen LogP contribution in [0.25, 0.3) is 0 Å². The summed E-state index contributed by atoms with van der Waals surface area (Å²) in [4.78, 5) is 59.7. The zero-order chi connectivity index (χ0) is 29.7. The fraction of sp³-hybridized carbons (Fsp3) is 0.862. The molecule has 12 nitrogen and oxygen atoms in total. The van der Waals surface area contributed by atoms with Crippen LogP contribution in [0.1, 0.15) is 96.3 Å². The van der Waals surface area contributed by atoms with Crippen LogP contribution in [-0.4, -0.2) is 68.2 Å². The van der Waals surface area contributed by atoms with E-state index in [0.29, 0.717) is 24.7 Å². The third-order valence-electron chi connectivity index (χ3n) is 10.3. The number of hydrogen-bond acceptors (Lipinski definition) is 7. The summed E-state index contributed by atoms with van der Waals surface area (Å²) in [5.41, 5.74) is 0. The van der Waals surface area contributed by atoms with Gasteiger partial charge in [-0.15, -0.1) is 0 Å². The van der Waals surface area contributed by atoms with E-state index in [-0.39, 0.29) is 49.6 Å². The molecule has 6 unspecified atom stereocenters. The first-order chi connectivity index (χ1) is 19.5. The van der Waals surface area contributed by atoms with E-state index < -0.39 is 52.7 Å². The Morgan fingerprint density at radius 2 is 1.07 bits per heavy atom. The summed E-state index contributed by atoms with van der Waals surface area (Å²) in [5.74, 6) is -4.69. The molecule has 0 aromatic rings. The largest absolute Gasteiger partial charge is 0.481 e. The predicted molar refractivity (Wildman–Crippen MR) is 146 cm³/mol. The van der Waals surface area contributed by atoms with Crippen LogP contribution >= 0.6 is 0 Å². The summed E-state index contributed by atoms with van der Waals surface area (Å²) in [6.45, 7) is 0. The molecule has 5 N–H and O–H groups in total. The standard InChI is InChI=1S/C29H45N3O9/c33-21-10-12-23(25(15-21)29(38)39)27(35)31-19-7-3-17(4-8-19)13-16-1-5-18(6-2-16)30-26(34)22-11-9-20(32(40)41)14-24(22)28(36)37/h16-25,33H,1-15H2,(H,30,34)(H,31,35)(H,36,37)(H,38,39). The number of carboxylic acids is 2. The number of nitrogens with one attached hydrogen (secondary N) is 2. The molecule has 0 heterocycles. The molecule has 41 heavy (non-hydrogen) atoms. The summed E-state index contributed by atoms with van der Waals surface area (Å²) < 4.78 is 0. The van der Waals surface area contributed by atoms with Crippen molar-refractivity contribution in [1.82, 2.24) is 10.6 Å². The summed E-state index contributed by atoms with van der Waals surface area (Å²) in [5, 5.41) is 46.1. The lowest BCUT2D eigenvalue weighted by atomic mass is 9.74. The Morgan fingerprint density at radius 1 is 0.634 bits per heavy atom. The molecule has 0 aromatic heterocycles. The maximum Gasteiger partial charge on any atom is 0.307 e. The van der Waals surface area contributed by atoms with Gasteiger partial charge in [0, 0.05) is 29.8 Å². The minimum atomic E-state index is -1.15. The van der Waals surface area contributed by atoms with Crippen LogP contribution in [0.15, 0.2) is 0 Å². The highest BCUT2D eigenvalue weighted by molar-refractivity contribution is 5.85. The van der Waals surface area contributed by atoms with Crippen molar-refractivity contribution in [2.75, 3.05) is 0 Å². The minimum Gasteiger partial charge on any atom is -0.481 e. The molecule has 0 radical (unpaired) electrons. The molecule has 4 aliphatic carbocycles. The molecule has 0 spiro atoms. The Bertz CT molecular complexity index is 975. The number of hydrogen-bond donors (Lipinski definition) is 5. The first kappa shape index (κ1) is 31.2. The number of nitro groups is 1. The van der Waals surface area contributed by atoms with Crippen LogP contribution in [0.2, 0.25) is 0 Å². The van der Waals surface area contributed by atoms with Crippen molar-refractivity contribution in [2.45, 2.75) is 121 Å². The van der Waals surface area contributed by atoms with Gasteiger partial charge in [-0.2, -0.15) is 0 Å². The molecule has 12 heteroatoms. The summed E-state index contributed by atoms with van der Waals surface area (Å²) in [6, 6.07) is -0.845. The second kappa shape index (κ2) is 13.9. The Morgan fingerprint density at radius 3 is 1.51 bits per heavy atom. The normalized spacial score (nSPS) is 37.9. The van der Waals surface area contributed by atoms with E-state index in [1.807, 2.05) is 0 Å². The highest BCUT2D eigenvalue weighted by Crippen LogP contribution is 2.37. The second-order valence-electron chi connectivity index (χ2n) is 13.0. The number of carbonyl (C=O) groups is 4. The number of rotatable bonds is 9. The maximum absolute atomic E-state index is 12.9. The smallest absolute Gasteiger partial charge is 0.307 e. The lowest BCUT2D eigenvalue weighted by Crippen LogP contribution is -2.47. The molecule has 0 aliphatic heterocycles. The van der Waals surface area contributed by atoms with Crippen molar-refractivity contribution in [3.8, 4) is 0 Å². The lowest BCUT2D eigenvalue weighted by molar-refractivity contribution is -0.528. The Balaban J connectivity index is 1.15. The van der Waals surface area contributed by atoms with Crippen LogP contribution in [0, 0.1) is 45.6 Å². The van der Waals surface area contributed by atoms with Crippen LogP contribution < -0.4 is 10.6 Å². The van der Waals surface area contributed by atoms with E-state index in [9.17, 15) is 44.6 Å². The predicted octanol–water partition coefficient (Wildman–Crippen LogP) is 2.73. The fourth-order valence-electron chi connectivity index (χ4n) is 7.83. The first-order valence-corrected chi connectivity index (χ1v) is 15.4. The van der Waals surface area contributed by atoms with E-state index in [1.165, 1.54) is 0 Å². The van der Waals surface area contributed by atoms with Gasteiger partial charge in [0.2, 0.25) is 17.9 Å². The van der Waals surface area contributed by atoms with Gasteiger partial charge in [-0.3, -0.25) is 29.3 Å². The number of carboxylic acid groups (broad SMARTS) is 2. The Hall–Kier alpha value is -2.76. The van der Waals surface area contributed by atoms with Gasteiger partial charge < -0.3 is 26.0 Å². The van der Waals surface area contributed by atoms with Crippen molar-refractivity contribution in [2.24, 2.45) is 35.5 Å². The monoisotopic (exact) mass is 579 g/mol. The maximum atomic E-state index is 12.9. The van der Waals surface area contributed by atoms with Gasteiger partial charge in [-0.05, 0) is 95.3 Å². The first-order valence-electron chi connectivity index (χ1n) is 15.4. The van der Waals surface area contributed by atoms with E-state index in [2.05, 4.69) is 10.6 Å². The minimum absolute atomic E-state index is 0.00269. The average molecular weight is 580 g/mol. The van der Waals surface area contributed by atoms with Crippen LogP contribution in [-0.2, 0) is 19.2 Å². The highest BCUT2D eigenvalue weighted by Gasteiger charge is 2.44. The number of aliphatic hydroxyl groups is 1. The van der Waals surface area contributed by atoms with Crippen molar-refractivity contribution >= 4 is 23.8 Å². The molecule has 6 atom stereocenters. The van der Waals surface area contributed by atoms with Gasteiger partial charge in [0.25, 0.3) is 0 Å². The van der Waals surface area contributed by atoms with Crippen LogP contribution in [0.3, 0.4) is 0 Å². The number of aliphatic carboxylic acids is 2. The van der Waals surface area contributed by atoms with Gasteiger partial charge in [-0.1, -0.05) is 0 Å². The molecular weight excluding hydrogens is 534 g/mol. The van der Waals surface area contributed by atoms with Crippen molar-refractivity contribution < 1.29 is 39.4 Å². The zero-order valence-corrected chi connectivity index (χ0v) is 23.6. The van der Waals surface area contributed by atoms with E-state index in [0.717, 1.165) is 57.8 Å². The van der Waals surface area contributed by atoms with Crippen molar-refractivity contribution in [3.05, 3.63) is 10.1 Å². The number of carbonyl (C=O) groups excluding carboxylic acids is 2. The average Bonchev–Trinajstić information content (AvgIpc) is 2.94. The number of nitrogens with zero attached hydrogens (tertiary/aromatic N) is 1. The Labute approximate surface area is 240 Å². The molecule has 0 aromatic carbocycles. The third kappa shape index (κ3) is 8.17. The topological polar surface area (TPSA) is 196 Å². The van der Waals surface area contributed by atoms with E-state index in [4.69, 9.17) is 0 Å². The molecule has 4 fully saturated rings. The molecule has 2 amide bonds. The molecule has 4 saturated carbocycles. The van der Waals surface area contributed by atoms with Gasteiger partial charge in [-0.25, -0.2) is 0 Å². The fourth-order valence-corrected chi connectivity index (χ4v) is 7.83. The van der Waals surface area contributed by atoms with Crippen LogP contribution in [0.5, 0.6) is 0 Å². The Kier molecular flexibility index (Phi) is 10.6. The van der Waals surface area contributed by atoms with Gasteiger partial charge >= 0.3 is 11.9 Å². The molecule has 4 rings (SSSR count). The molecule has 0 bridgehead atoms. The SMILES string of the molecule is O=C(O)C1CC(O)CCC1C(=O)NC1CCC(CC2CCC(NC(=O)C3CCC([N+](=O)[O-])CC3C(=O)O)CC2)CC1. The molecular formula is C29H45N3O9. The highest BCUT2D eigenvalue weighted by atomic mass is 16.6. The van der Waals surface area contributed by atoms with Crippen molar-refractivity contribution in [3.63, 3.8) is 0 Å². The van der Waals surface area contributed by atoms with Gasteiger partial charge in [0.05, 0.1) is 29.8 Å².